The zero-order chi connectivity index (χ0) is 26.7. The van der Waals surface area contributed by atoms with Crippen LogP contribution in [-0.2, 0) is 6.42 Å². The topological polar surface area (TPSA) is 137 Å². The number of aryl methyl sites for hydroxylation is 1. The van der Waals surface area contributed by atoms with E-state index in [0.29, 0.717) is 37.7 Å². The fourth-order valence-electron chi connectivity index (χ4n) is 4.05. The molecule has 1 aromatic carbocycles. The standard InChI is InChI=1S/C23H26F4N8O2/c1-2-17-23(37-18-8-16(28)14(24)7-15(18)25)33-22(20(32-17)21(29)36)31-12-9-30-35(10-12)13-3-5-34(6-4-13)11-19(26)27/h7-10,13,19H,2-6,11,28H2,1H3,(H2,29,36)(H,31,33). The quantitative estimate of drug-likeness (QED) is 0.286. The summed E-state index contributed by atoms with van der Waals surface area (Å²) in [5, 5.41) is 7.28. The first-order valence-electron chi connectivity index (χ1n) is 11.6. The molecule has 0 bridgehead atoms. The number of nitrogen functional groups attached to an aromatic ring is 1. The number of nitrogens with zero attached hydrogens (tertiary/aromatic N) is 5. The van der Waals surface area contributed by atoms with Gasteiger partial charge in [0.2, 0.25) is 5.88 Å². The number of hydrogen-bond acceptors (Lipinski definition) is 8. The predicted molar refractivity (Wildman–Crippen MR) is 127 cm³/mol. The fraction of sp³-hybridized carbons (Fsp3) is 0.391. The number of aromatic nitrogens is 4. The Hall–Kier alpha value is -3.94. The summed E-state index contributed by atoms with van der Waals surface area (Å²) in [7, 11) is 0. The molecule has 1 saturated heterocycles. The molecular weight excluding hydrogens is 496 g/mol. The molecule has 1 aliphatic heterocycles. The maximum Gasteiger partial charge on any atom is 0.271 e. The number of likely N-dealkylation sites (tertiary alicyclic amines) is 1. The highest BCUT2D eigenvalue weighted by molar-refractivity contribution is 5.96. The van der Waals surface area contributed by atoms with E-state index in [0.717, 1.165) is 6.07 Å². The van der Waals surface area contributed by atoms with Crippen molar-refractivity contribution in [1.29, 1.82) is 0 Å². The molecule has 198 valence electrons. The van der Waals surface area contributed by atoms with Crippen molar-refractivity contribution in [3.05, 3.63) is 47.5 Å². The monoisotopic (exact) mass is 522 g/mol. The van der Waals surface area contributed by atoms with E-state index in [2.05, 4.69) is 20.4 Å². The molecule has 4 rings (SSSR count). The first-order valence-corrected chi connectivity index (χ1v) is 11.6. The summed E-state index contributed by atoms with van der Waals surface area (Å²) < 4.78 is 60.3. The summed E-state index contributed by atoms with van der Waals surface area (Å²) >= 11 is 0. The Labute approximate surface area is 209 Å². The summed E-state index contributed by atoms with van der Waals surface area (Å²) in [6.45, 7) is 2.53. The normalized spacial score (nSPS) is 14.8. The van der Waals surface area contributed by atoms with E-state index in [1.165, 1.54) is 6.20 Å². The summed E-state index contributed by atoms with van der Waals surface area (Å²) in [6.07, 6.45) is 2.39. The molecule has 1 aliphatic rings. The van der Waals surface area contributed by atoms with E-state index < -0.39 is 24.0 Å². The molecule has 10 nitrogen and oxygen atoms in total. The van der Waals surface area contributed by atoms with Gasteiger partial charge in [-0.05, 0) is 19.3 Å². The summed E-state index contributed by atoms with van der Waals surface area (Å²) in [5.74, 6) is -3.33. The van der Waals surface area contributed by atoms with Gasteiger partial charge in [-0.3, -0.25) is 14.4 Å². The largest absolute Gasteiger partial charge is 0.434 e. The average Bonchev–Trinajstić information content (AvgIpc) is 3.31. The Morgan fingerprint density at radius 2 is 1.95 bits per heavy atom. The van der Waals surface area contributed by atoms with Crippen LogP contribution in [0.25, 0.3) is 0 Å². The summed E-state index contributed by atoms with van der Waals surface area (Å²) in [4.78, 5) is 22.3. The summed E-state index contributed by atoms with van der Waals surface area (Å²) in [5.41, 5.74) is 11.2. The molecule has 5 N–H and O–H groups in total. The number of nitrogens with one attached hydrogen (secondary N) is 1. The second-order valence-corrected chi connectivity index (χ2v) is 8.55. The lowest BCUT2D eigenvalue weighted by Crippen LogP contribution is -2.37. The van der Waals surface area contributed by atoms with Crippen molar-refractivity contribution in [2.75, 3.05) is 30.7 Å². The van der Waals surface area contributed by atoms with Gasteiger partial charge in [-0.2, -0.15) is 10.1 Å². The third kappa shape index (κ3) is 6.07. The molecule has 0 atom stereocenters. The van der Waals surface area contributed by atoms with Gasteiger partial charge in [0, 0.05) is 31.4 Å². The highest BCUT2D eigenvalue weighted by Gasteiger charge is 2.24. The number of piperidine rings is 1. The average molecular weight is 523 g/mol. The van der Waals surface area contributed by atoms with Crippen molar-refractivity contribution in [3.63, 3.8) is 0 Å². The van der Waals surface area contributed by atoms with Gasteiger partial charge in [-0.15, -0.1) is 0 Å². The number of nitrogens with two attached hydrogens (primary N) is 2. The minimum atomic E-state index is -2.37. The van der Waals surface area contributed by atoms with E-state index in [-0.39, 0.29) is 53.5 Å². The molecule has 3 aromatic rings. The van der Waals surface area contributed by atoms with Gasteiger partial charge in [0.15, 0.2) is 23.1 Å². The Morgan fingerprint density at radius 1 is 1.22 bits per heavy atom. The van der Waals surface area contributed by atoms with E-state index in [1.54, 1.807) is 22.7 Å². The number of benzene rings is 1. The van der Waals surface area contributed by atoms with Crippen LogP contribution in [0.4, 0.5) is 34.8 Å². The molecule has 0 aliphatic carbocycles. The minimum absolute atomic E-state index is 0.0134. The molecule has 0 saturated carbocycles. The SMILES string of the molecule is CCc1nc(C(N)=O)c(Nc2cnn(C3CCN(CC(F)F)CC3)c2)nc1Oc1cc(N)c(F)cc1F. The van der Waals surface area contributed by atoms with Crippen LogP contribution in [0.5, 0.6) is 11.6 Å². The minimum Gasteiger partial charge on any atom is -0.434 e. The van der Waals surface area contributed by atoms with Gasteiger partial charge in [-0.25, -0.2) is 22.5 Å². The number of amides is 1. The van der Waals surface area contributed by atoms with Crippen LogP contribution in [-0.4, -0.2) is 56.6 Å². The first kappa shape index (κ1) is 26.1. The van der Waals surface area contributed by atoms with Crippen LogP contribution in [0.1, 0.15) is 42.0 Å². The molecule has 0 unspecified atom stereocenters. The highest BCUT2D eigenvalue weighted by Crippen LogP contribution is 2.31. The Morgan fingerprint density at radius 3 is 2.59 bits per heavy atom. The van der Waals surface area contributed by atoms with Crippen LogP contribution in [0, 0.1) is 11.6 Å². The van der Waals surface area contributed by atoms with Crippen LogP contribution >= 0.6 is 0 Å². The van der Waals surface area contributed by atoms with E-state index in [4.69, 9.17) is 16.2 Å². The smallest absolute Gasteiger partial charge is 0.271 e. The number of ether oxygens (including phenoxy) is 1. The zero-order valence-electron chi connectivity index (χ0n) is 19.9. The summed E-state index contributed by atoms with van der Waals surface area (Å²) in [6, 6.07) is 1.59. The molecule has 0 radical (unpaired) electrons. The van der Waals surface area contributed by atoms with Gasteiger partial charge < -0.3 is 21.5 Å². The van der Waals surface area contributed by atoms with Crippen LogP contribution in [0.15, 0.2) is 24.5 Å². The predicted octanol–water partition coefficient (Wildman–Crippen LogP) is 3.63. The van der Waals surface area contributed by atoms with E-state index >= 15 is 0 Å². The molecule has 14 heteroatoms. The Bertz CT molecular complexity index is 1280. The number of alkyl halides is 2. The highest BCUT2D eigenvalue weighted by atomic mass is 19.3. The lowest BCUT2D eigenvalue weighted by atomic mass is 10.1. The number of carbonyl (C=O) groups is 1. The Balaban J connectivity index is 1.57. The number of halogens is 4. The molecule has 0 spiro atoms. The molecule has 1 amide bonds. The van der Waals surface area contributed by atoms with Crippen molar-refractivity contribution in [2.24, 2.45) is 5.73 Å². The van der Waals surface area contributed by atoms with Gasteiger partial charge in [0.05, 0.1) is 30.2 Å². The second-order valence-electron chi connectivity index (χ2n) is 8.55. The van der Waals surface area contributed by atoms with Crippen molar-refractivity contribution in [3.8, 4) is 11.6 Å². The maximum absolute atomic E-state index is 14.3. The van der Waals surface area contributed by atoms with Crippen molar-refractivity contribution >= 4 is 23.1 Å². The molecular formula is C23H26F4N8O2. The van der Waals surface area contributed by atoms with Crippen LogP contribution in [0.3, 0.4) is 0 Å². The number of rotatable bonds is 9. The third-order valence-corrected chi connectivity index (χ3v) is 5.95. The fourth-order valence-corrected chi connectivity index (χ4v) is 4.05. The molecule has 37 heavy (non-hydrogen) atoms. The number of anilines is 3. The number of hydrogen-bond donors (Lipinski definition) is 3. The molecule has 2 aromatic heterocycles. The lowest BCUT2D eigenvalue weighted by molar-refractivity contribution is 0.0690. The van der Waals surface area contributed by atoms with E-state index in [9.17, 15) is 22.4 Å². The molecule has 1 fully saturated rings. The van der Waals surface area contributed by atoms with Crippen LogP contribution < -0.4 is 21.5 Å². The van der Waals surface area contributed by atoms with Gasteiger partial charge in [0.1, 0.15) is 11.5 Å². The second kappa shape index (κ2) is 11.0. The van der Waals surface area contributed by atoms with Crippen molar-refractivity contribution in [2.45, 2.75) is 38.7 Å². The zero-order valence-corrected chi connectivity index (χ0v) is 19.9. The number of primary amides is 1. The van der Waals surface area contributed by atoms with Gasteiger partial charge in [0.25, 0.3) is 12.3 Å². The maximum atomic E-state index is 14.3. The lowest BCUT2D eigenvalue weighted by Gasteiger charge is -2.31. The van der Waals surface area contributed by atoms with Crippen molar-refractivity contribution in [1.82, 2.24) is 24.6 Å². The van der Waals surface area contributed by atoms with E-state index in [1.807, 2.05) is 0 Å². The van der Waals surface area contributed by atoms with Gasteiger partial charge in [-0.1, -0.05) is 6.92 Å². The number of carbonyl (C=O) groups excluding carboxylic acids is 1. The molecule has 3 heterocycles. The van der Waals surface area contributed by atoms with Crippen molar-refractivity contribution < 1.29 is 27.1 Å². The third-order valence-electron chi connectivity index (χ3n) is 5.95. The van der Waals surface area contributed by atoms with Crippen LogP contribution in [0.2, 0.25) is 0 Å². The Kier molecular flexibility index (Phi) is 7.76. The first-order chi connectivity index (χ1) is 17.6. The van der Waals surface area contributed by atoms with Gasteiger partial charge >= 0.3 is 0 Å².